The molecule has 7 nitrogen and oxygen atoms in total. The largest absolute Gasteiger partial charge is 0.354 e. The molecule has 0 aliphatic carbocycles. The minimum Gasteiger partial charge on any atom is -0.354 e. The lowest BCUT2D eigenvalue weighted by molar-refractivity contribution is 0.281. The van der Waals surface area contributed by atoms with Crippen molar-refractivity contribution in [2.45, 2.75) is 18.9 Å². The van der Waals surface area contributed by atoms with E-state index in [4.69, 9.17) is 0 Å². The normalized spacial score (nSPS) is 23.0. The fourth-order valence-electron chi connectivity index (χ4n) is 4.06. The van der Waals surface area contributed by atoms with Gasteiger partial charge in [0.05, 0.1) is 6.33 Å². The van der Waals surface area contributed by atoms with E-state index >= 15 is 0 Å². The van der Waals surface area contributed by atoms with Gasteiger partial charge in [0.15, 0.2) is 11.5 Å². The van der Waals surface area contributed by atoms with Gasteiger partial charge in [-0.05, 0) is 18.4 Å². The highest BCUT2D eigenvalue weighted by molar-refractivity contribution is 5.82. The molecule has 2 aliphatic rings. The first kappa shape index (κ1) is 12.8. The van der Waals surface area contributed by atoms with E-state index in [9.17, 15) is 4.79 Å². The second kappa shape index (κ2) is 4.65. The zero-order valence-corrected chi connectivity index (χ0v) is 12.5. The van der Waals surface area contributed by atoms with Crippen LogP contribution in [0.5, 0.6) is 0 Å². The molecule has 1 fully saturated rings. The van der Waals surface area contributed by atoms with E-state index in [1.54, 1.807) is 18.7 Å². The van der Waals surface area contributed by atoms with E-state index in [-0.39, 0.29) is 5.56 Å². The third-order valence-electron chi connectivity index (χ3n) is 4.98. The molecular formula is C16H16N6O. The van der Waals surface area contributed by atoms with Gasteiger partial charge in [0, 0.05) is 37.3 Å². The summed E-state index contributed by atoms with van der Waals surface area (Å²) in [6, 6.07) is 5.60. The van der Waals surface area contributed by atoms with Crippen LogP contribution in [0.15, 0.2) is 35.6 Å². The Kier molecular flexibility index (Phi) is 2.59. The molecule has 3 aromatic rings. The number of imidazole rings is 1. The van der Waals surface area contributed by atoms with Gasteiger partial charge in [0.25, 0.3) is 5.56 Å². The van der Waals surface area contributed by atoms with Gasteiger partial charge >= 0.3 is 0 Å². The van der Waals surface area contributed by atoms with E-state index in [0.29, 0.717) is 17.5 Å². The third kappa shape index (κ3) is 1.89. The number of piperidine rings is 1. The minimum atomic E-state index is 0.114. The fourth-order valence-corrected chi connectivity index (χ4v) is 4.06. The molecule has 0 saturated carbocycles. The van der Waals surface area contributed by atoms with Gasteiger partial charge in [-0.15, -0.1) is 0 Å². The van der Waals surface area contributed by atoms with Crippen LogP contribution in [0.2, 0.25) is 0 Å². The number of fused-ring (bicyclic) bond motifs is 5. The Hall–Kier alpha value is -2.70. The molecule has 7 heteroatoms. The fraction of sp³-hybridized carbons (Fsp3) is 0.375. The number of H-pyrrole nitrogens is 1. The monoisotopic (exact) mass is 308 g/mol. The number of anilines is 1. The minimum absolute atomic E-state index is 0.114. The van der Waals surface area contributed by atoms with Gasteiger partial charge in [-0.1, -0.05) is 6.07 Å². The Morgan fingerprint density at radius 2 is 2.09 bits per heavy atom. The number of aromatic amines is 1. The summed E-state index contributed by atoms with van der Waals surface area (Å²) in [6.45, 7) is 2.56. The molecule has 0 aromatic carbocycles. The van der Waals surface area contributed by atoms with Crippen LogP contribution in [0, 0.1) is 5.92 Å². The Balaban J connectivity index is 1.57. The van der Waals surface area contributed by atoms with Crippen molar-refractivity contribution in [1.29, 1.82) is 0 Å². The van der Waals surface area contributed by atoms with Crippen molar-refractivity contribution in [3.05, 3.63) is 46.9 Å². The molecule has 2 unspecified atom stereocenters. The average Bonchev–Trinajstić information content (AvgIpc) is 3.04. The number of pyridine rings is 1. The van der Waals surface area contributed by atoms with E-state index < -0.39 is 0 Å². The summed E-state index contributed by atoms with van der Waals surface area (Å²) in [4.78, 5) is 30.4. The number of nitrogens with one attached hydrogen (secondary N) is 1. The molecule has 3 aromatic heterocycles. The molecule has 23 heavy (non-hydrogen) atoms. The van der Waals surface area contributed by atoms with Crippen LogP contribution >= 0.6 is 0 Å². The first-order chi connectivity index (χ1) is 11.3. The predicted octanol–water partition coefficient (Wildman–Crippen LogP) is 1.14. The van der Waals surface area contributed by atoms with Crippen LogP contribution in [0.25, 0.3) is 11.2 Å². The lowest BCUT2D eigenvalue weighted by atomic mass is 9.83. The van der Waals surface area contributed by atoms with Gasteiger partial charge in [0.1, 0.15) is 11.8 Å². The maximum Gasteiger partial charge on any atom is 0.250 e. The molecule has 1 N–H and O–H groups in total. The van der Waals surface area contributed by atoms with Crippen molar-refractivity contribution in [3.8, 4) is 0 Å². The Bertz CT molecular complexity index is 945. The Morgan fingerprint density at radius 3 is 3.04 bits per heavy atom. The highest BCUT2D eigenvalue weighted by Gasteiger charge is 2.35. The van der Waals surface area contributed by atoms with Crippen molar-refractivity contribution >= 4 is 17.0 Å². The lowest BCUT2D eigenvalue weighted by Crippen LogP contribution is -2.47. The highest BCUT2D eigenvalue weighted by Crippen LogP contribution is 2.37. The van der Waals surface area contributed by atoms with E-state index in [1.165, 1.54) is 0 Å². The number of hydrogen-bond acceptors (Lipinski definition) is 5. The number of aromatic nitrogens is 5. The SMILES string of the molecule is O=c1cccc2n1CC1CC2CN(c2ncnc3nc[nH]c23)C1. The Morgan fingerprint density at radius 1 is 1.13 bits per heavy atom. The van der Waals surface area contributed by atoms with Crippen molar-refractivity contribution < 1.29 is 0 Å². The zero-order chi connectivity index (χ0) is 15.4. The van der Waals surface area contributed by atoms with E-state index in [0.717, 1.165) is 43.1 Å². The van der Waals surface area contributed by atoms with Crippen molar-refractivity contribution in [1.82, 2.24) is 24.5 Å². The van der Waals surface area contributed by atoms with Gasteiger partial charge < -0.3 is 14.5 Å². The molecule has 2 atom stereocenters. The number of hydrogen-bond donors (Lipinski definition) is 1. The summed E-state index contributed by atoms with van der Waals surface area (Å²) in [7, 11) is 0. The standard InChI is InChI=1S/C16H16N6O/c23-13-3-1-2-12-11-4-10(6-22(12)13)5-21(7-11)16-14-15(18-8-17-14)19-9-20-16/h1-3,8-11H,4-7H2,(H,17,18,19,20). The third-order valence-corrected chi connectivity index (χ3v) is 4.98. The lowest BCUT2D eigenvalue weighted by Gasteiger charge is -2.43. The first-order valence-electron chi connectivity index (χ1n) is 7.88. The van der Waals surface area contributed by atoms with Crippen LogP contribution in [0.4, 0.5) is 5.82 Å². The number of nitrogens with zero attached hydrogens (tertiary/aromatic N) is 5. The van der Waals surface area contributed by atoms with Gasteiger partial charge in [-0.3, -0.25) is 4.79 Å². The van der Waals surface area contributed by atoms with Crippen LogP contribution in [0.3, 0.4) is 0 Å². The molecule has 2 bridgehead atoms. The molecule has 116 valence electrons. The molecule has 5 rings (SSSR count). The van der Waals surface area contributed by atoms with Crippen LogP contribution in [-0.2, 0) is 6.54 Å². The van der Waals surface area contributed by atoms with E-state index in [1.807, 2.05) is 10.6 Å². The summed E-state index contributed by atoms with van der Waals surface area (Å²) < 4.78 is 1.95. The van der Waals surface area contributed by atoms with Crippen molar-refractivity contribution in [2.75, 3.05) is 18.0 Å². The van der Waals surface area contributed by atoms with Crippen LogP contribution in [-0.4, -0.2) is 37.6 Å². The predicted molar refractivity (Wildman–Crippen MR) is 85.4 cm³/mol. The summed E-state index contributed by atoms with van der Waals surface area (Å²) in [5, 5.41) is 0. The van der Waals surface area contributed by atoms with Gasteiger partial charge in [-0.2, -0.15) is 0 Å². The quantitative estimate of drug-likeness (QED) is 0.729. The molecule has 0 amide bonds. The molecule has 0 radical (unpaired) electrons. The number of rotatable bonds is 1. The van der Waals surface area contributed by atoms with Gasteiger partial charge in [0.2, 0.25) is 0 Å². The summed E-state index contributed by atoms with van der Waals surface area (Å²) in [5.74, 6) is 1.74. The summed E-state index contributed by atoms with van der Waals surface area (Å²) >= 11 is 0. The van der Waals surface area contributed by atoms with Crippen LogP contribution in [0.1, 0.15) is 18.0 Å². The molecule has 2 aliphatic heterocycles. The molecule has 0 spiro atoms. The molecule has 1 saturated heterocycles. The zero-order valence-electron chi connectivity index (χ0n) is 12.5. The second-order valence-electron chi connectivity index (χ2n) is 6.40. The Labute approximate surface area is 132 Å². The maximum atomic E-state index is 12.1. The van der Waals surface area contributed by atoms with Gasteiger partial charge in [-0.25, -0.2) is 15.0 Å². The highest BCUT2D eigenvalue weighted by atomic mass is 16.1. The summed E-state index contributed by atoms with van der Waals surface area (Å²) in [5.41, 5.74) is 2.84. The van der Waals surface area contributed by atoms with Crippen molar-refractivity contribution in [3.63, 3.8) is 0 Å². The molecule has 5 heterocycles. The van der Waals surface area contributed by atoms with Crippen LogP contribution < -0.4 is 10.5 Å². The first-order valence-corrected chi connectivity index (χ1v) is 7.88. The average molecular weight is 308 g/mol. The maximum absolute atomic E-state index is 12.1. The van der Waals surface area contributed by atoms with Crippen molar-refractivity contribution in [2.24, 2.45) is 5.92 Å². The topological polar surface area (TPSA) is 79.7 Å². The second-order valence-corrected chi connectivity index (χ2v) is 6.40. The molecular weight excluding hydrogens is 292 g/mol. The van der Waals surface area contributed by atoms with E-state index in [2.05, 4.69) is 30.9 Å². The summed E-state index contributed by atoms with van der Waals surface area (Å²) in [6.07, 6.45) is 4.36. The smallest absolute Gasteiger partial charge is 0.250 e.